The van der Waals surface area contributed by atoms with Gasteiger partial charge in [0.15, 0.2) is 0 Å². The lowest BCUT2D eigenvalue weighted by molar-refractivity contribution is 1.17. The summed E-state index contributed by atoms with van der Waals surface area (Å²) in [6.45, 7) is 4.00. The Bertz CT molecular complexity index is 286. The molecule has 0 bridgehead atoms. The largest absolute Gasteiger partial charge is 0.177 e. The summed E-state index contributed by atoms with van der Waals surface area (Å²) >= 11 is 1.28. The second kappa shape index (κ2) is 4.83. The maximum Gasteiger partial charge on any atom is 0.100 e. The standard InChI is InChI=1S/C7H6N2S.C2H6/c1-2-4-6-7(5-3-1)9-10-8-6;1-2/h1-4H,5H2;1-2H3. The Kier molecular flexibility index (Phi) is 3.67. The zero-order valence-electron chi connectivity index (χ0n) is 7.32. The van der Waals surface area contributed by atoms with Gasteiger partial charge in [-0.25, -0.2) is 0 Å². The lowest BCUT2D eigenvalue weighted by Gasteiger charge is -1.84. The van der Waals surface area contributed by atoms with E-state index in [1.807, 2.05) is 32.1 Å². The van der Waals surface area contributed by atoms with E-state index >= 15 is 0 Å². The van der Waals surface area contributed by atoms with Gasteiger partial charge in [0.25, 0.3) is 0 Å². The molecule has 0 unspecified atom stereocenters. The molecule has 2 rings (SSSR count). The molecular formula is C9H12N2S. The van der Waals surface area contributed by atoms with Crippen LogP contribution >= 0.6 is 11.7 Å². The Hall–Kier alpha value is -0.960. The van der Waals surface area contributed by atoms with Crippen molar-refractivity contribution in [2.45, 2.75) is 20.3 Å². The highest BCUT2D eigenvalue weighted by Crippen LogP contribution is 2.11. The summed E-state index contributed by atoms with van der Waals surface area (Å²) in [4.78, 5) is 0. The normalized spacial score (nSPS) is 12.8. The fraction of sp³-hybridized carbons (Fsp3) is 0.333. The van der Waals surface area contributed by atoms with Gasteiger partial charge in [0.05, 0.1) is 17.4 Å². The molecule has 0 amide bonds. The highest BCUT2D eigenvalue weighted by atomic mass is 32.1. The topological polar surface area (TPSA) is 25.8 Å². The van der Waals surface area contributed by atoms with E-state index in [-0.39, 0.29) is 0 Å². The van der Waals surface area contributed by atoms with E-state index in [4.69, 9.17) is 0 Å². The van der Waals surface area contributed by atoms with Crippen molar-refractivity contribution in [2.24, 2.45) is 0 Å². The lowest BCUT2D eigenvalue weighted by atomic mass is 10.2. The van der Waals surface area contributed by atoms with Crippen LogP contribution in [0.3, 0.4) is 0 Å². The van der Waals surface area contributed by atoms with Gasteiger partial charge in [-0.05, 0) is 6.08 Å². The summed E-state index contributed by atoms with van der Waals surface area (Å²) in [6, 6.07) is 0. The summed E-state index contributed by atoms with van der Waals surface area (Å²) < 4.78 is 8.27. The first-order valence-electron chi connectivity index (χ1n) is 4.11. The predicted molar refractivity (Wildman–Crippen MR) is 53.1 cm³/mol. The third-order valence-electron chi connectivity index (χ3n) is 1.40. The van der Waals surface area contributed by atoms with Crippen molar-refractivity contribution in [1.29, 1.82) is 0 Å². The van der Waals surface area contributed by atoms with Crippen molar-refractivity contribution in [1.82, 2.24) is 8.75 Å². The van der Waals surface area contributed by atoms with E-state index in [0.29, 0.717) is 0 Å². The SMILES string of the molecule is C1=CCc2nsnc2C=C1.CC. The summed E-state index contributed by atoms with van der Waals surface area (Å²) in [7, 11) is 0. The van der Waals surface area contributed by atoms with Gasteiger partial charge in [-0.1, -0.05) is 32.1 Å². The molecule has 1 aromatic rings. The highest BCUT2D eigenvalue weighted by molar-refractivity contribution is 6.99. The zero-order chi connectivity index (χ0) is 8.81. The quantitative estimate of drug-likeness (QED) is 0.613. The number of nitrogens with zero attached hydrogens (tertiary/aromatic N) is 2. The minimum Gasteiger partial charge on any atom is -0.177 e. The van der Waals surface area contributed by atoms with Gasteiger partial charge >= 0.3 is 0 Å². The molecule has 0 aliphatic heterocycles. The molecule has 2 nitrogen and oxygen atoms in total. The van der Waals surface area contributed by atoms with Crippen LogP contribution in [-0.4, -0.2) is 8.75 Å². The van der Waals surface area contributed by atoms with Crippen molar-refractivity contribution in [2.75, 3.05) is 0 Å². The number of fused-ring (bicyclic) bond motifs is 1. The first-order chi connectivity index (χ1) is 5.97. The van der Waals surface area contributed by atoms with E-state index in [1.54, 1.807) is 0 Å². The lowest BCUT2D eigenvalue weighted by Crippen LogP contribution is -1.82. The van der Waals surface area contributed by atoms with Crippen LogP contribution in [-0.2, 0) is 6.42 Å². The van der Waals surface area contributed by atoms with Gasteiger partial charge in [0.2, 0.25) is 0 Å². The second-order valence-electron chi connectivity index (χ2n) is 2.09. The summed E-state index contributed by atoms with van der Waals surface area (Å²) in [5, 5.41) is 0. The third-order valence-corrected chi connectivity index (χ3v) is 1.98. The fourth-order valence-electron chi connectivity index (χ4n) is 0.887. The van der Waals surface area contributed by atoms with E-state index < -0.39 is 0 Å². The van der Waals surface area contributed by atoms with Gasteiger partial charge in [-0.15, -0.1) is 0 Å². The van der Waals surface area contributed by atoms with E-state index in [2.05, 4.69) is 14.8 Å². The molecule has 0 saturated carbocycles. The van der Waals surface area contributed by atoms with E-state index in [9.17, 15) is 0 Å². The first-order valence-corrected chi connectivity index (χ1v) is 4.84. The smallest absolute Gasteiger partial charge is 0.100 e. The van der Waals surface area contributed by atoms with Gasteiger partial charge in [-0.2, -0.15) is 8.75 Å². The third kappa shape index (κ3) is 2.01. The zero-order valence-corrected chi connectivity index (χ0v) is 8.14. The van der Waals surface area contributed by atoms with Crippen molar-refractivity contribution >= 4 is 17.8 Å². The molecule has 1 aliphatic carbocycles. The highest BCUT2D eigenvalue weighted by Gasteiger charge is 2.03. The number of rotatable bonds is 0. The van der Waals surface area contributed by atoms with Crippen LogP contribution < -0.4 is 0 Å². The van der Waals surface area contributed by atoms with Crippen LogP contribution in [0.5, 0.6) is 0 Å². The van der Waals surface area contributed by atoms with Crippen molar-refractivity contribution in [3.8, 4) is 0 Å². The minimum absolute atomic E-state index is 0.916. The van der Waals surface area contributed by atoms with Crippen LogP contribution in [0.15, 0.2) is 18.2 Å². The number of hydrogen-bond acceptors (Lipinski definition) is 3. The van der Waals surface area contributed by atoms with Crippen LogP contribution in [0, 0.1) is 0 Å². The molecule has 0 fully saturated rings. The molecule has 1 aliphatic rings. The molecule has 12 heavy (non-hydrogen) atoms. The minimum atomic E-state index is 0.916. The summed E-state index contributed by atoms with van der Waals surface area (Å²) in [6.07, 6.45) is 9.01. The van der Waals surface area contributed by atoms with Crippen LogP contribution in [0.4, 0.5) is 0 Å². The Morgan fingerprint density at radius 2 is 2.08 bits per heavy atom. The predicted octanol–water partition coefficient (Wildman–Crippen LogP) is 2.69. The monoisotopic (exact) mass is 180 g/mol. The Labute approximate surface area is 77.0 Å². The molecule has 0 radical (unpaired) electrons. The fourth-order valence-corrected chi connectivity index (χ4v) is 1.45. The van der Waals surface area contributed by atoms with Crippen LogP contribution in [0.25, 0.3) is 6.08 Å². The molecule has 1 heterocycles. The number of allylic oxidation sites excluding steroid dienone is 3. The van der Waals surface area contributed by atoms with Gasteiger partial charge in [-0.3, -0.25) is 0 Å². The Balaban J connectivity index is 0.000000336. The summed E-state index contributed by atoms with van der Waals surface area (Å²) in [5.74, 6) is 0. The van der Waals surface area contributed by atoms with Gasteiger partial charge in [0.1, 0.15) is 5.69 Å². The number of aromatic nitrogens is 2. The van der Waals surface area contributed by atoms with E-state index in [0.717, 1.165) is 17.8 Å². The molecule has 1 aromatic heterocycles. The molecule has 3 heteroatoms. The molecule has 0 atom stereocenters. The average molecular weight is 180 g/mol. The number of hydrogen-bond donors (Lipinski definition) is 0. The molecule has 0 aromatic carbocycles. The summed E-state index contributed by atoms with van der Waals surface area (Å²) in [5.41, 5.74) is 2.12. The Morgan fingerprint density at radius 1 is 1.25 bits per heavy atom. The van der Waals surface area contributed by atoms with E-state index in [1.165, 1.54) is 11.7 Å². The Morgan fingerprint density at radius 3 is 2.92 bits per heavy atom. The van der Waals surface area contributed by atoms with Gasteiger partial charge < -0.3 is 0 Å². The maximum absolute atomic E-state index is 4.14. The first kappa shape index (κ1) is 9.13. The maximum atomic E-state index is 4.14. The van der Waals surface area contributed by atoms with Crippen molar-refractivity contribution < 1.29 is 0 Å². The van der Waals surface area contributed by atoms with Crippen molar-refractivity contribution in [3.05, 3.63) is 29.6 Å². The van der Waals surface area contributed by atoms with Crippen LogP contribution in [0.1, 0.15) is 25.2 Å². The molecule has 64 valence electrons. The molecule has 0 saturated heterocycles. The van der Waals surface area contributed by atoms with Gasteiger partial charge in [0, 0.05) is 6.42 Å². The molecular weight excluding hydrogens is 168 g/mol. The van der Waals surface area contributed by atoms with Crippen molar-refractivity contribution in [3.63, 3.8) is 0 Å². The molecule has 0 spiro atoms. The molecule has 0 N–H and O–H groups in total. The average Bonchev–Trinajstić information content (AvgIpc) is 2.46. The second-order valence-corrected chi connectivity index (χ2v) is 2.62. The van der Waals surface area contributed by atoms with Crippen LogP contribution in [0.2, 0.25) is 0 Å².